The fourth-order valence-corrected chi connectivity index (χ4v) is 3.59. The number of rotatable bonds is 1. The number of fused-ring (bicyclic) bond motifs is 4. The van der Waals surface area contributed by atoms with Crippen LogP contribution >= 0.6 is 15.9 Å². The summed E-state index contributed by atoms with van der Waals surface area (Å²) in [5, 5.41) is 2.18. The third-order valence-corrected chi connectivity index (χ3v) is 5.03. The third kappa shape index (κ3) is 2.31. The summed E-state index contributed by atoms with van der Waals surface area (Å²) in [6, 6.07) is 26.4. The molecule has 0 unspecified atom stereocenters. The summed E-state index contributed by atoms with van der Waals surface area (Å²) >= 11 is 3.59. The highest BCUT2D eigenvalue weighted by molar-refractivity contribution is 9.10. The molecule has 0 radical (unpaired) electrons. The average molecular weight is 389 g/mol. The lowest BCUT2D eigenvalue weighted by molar-refractivity contribution is 0.362. The van der Waals surface area contributed by atoms with Crippen molar-refractivity contribution in [3.8, 4) is 34.1 Å². The summed E-state index contributed by atoms with van der Waals surface area (Å²) in [6.45, 7) is 0. The average Bonchev–Trinajstić information content (AvgIpc) is 2.68. The maximum atomic E-state index is 6.40. The van der Waals surface area contributed by atoms with Crippen LogP contribution in [-0.2, 0) is 0 Å². The van der Waals surface area contributed by atoms with Gasteiger partial charge < -0.3 is 9.47 Å². The van der Waals surface area contributed by atoms with Gasteiger partial charge in [-0.15, -0.1) is 0 Å². The van der Waals surface area contributed by atoms with E-state index >= 15 is 0 Å². The molecule has 0 saturated carbocycles. The van der Waals surface area contributed by atoms with Crippen LogP contribution in [0.3, 0.4) is 0 Å². The van der Waals surface area contributed by atoms with Gasteiger partial charge in [0.1, 0.15) is 0 Å². The highest BCUT2D eigenvalue weighted by Gasteiger charge is 2.26. The zero-order chi connectivity index (χ0) is 16.8. The van der Waals surface area contributed by atoms with Gasteiger partial charge in [0.25, 0.3) is 0 Å². The smallest absolute Gasteiger partial charge is 0.184 e. The predicted molar refractivity (Wildman–Crippen MR) is 104 cm³/mol. The number of hydrogen-bond acceptors (Lipinski definition) is 2. The van der Waals surface area contributed by atoms with Crippen LogP contribution in [0.2, 0.25) is 0 Å². The number of benzene rings is 4. The second kappa shape index (κ2) is 5.64. The van der Waals surface area contributed by atoms with E-state index in [4.69, 9.17) is 9.47 Å². The molecule has 4 aromatic carbocycles. The normalized spacial score (nSPS) is 12.0. The van der Waals surface area contributed by atoms with Crippen LogP contribution in [0.15, 0.2) is 83.3 Å². The van der Waals surface area contributed by atoms with E-state index in [1.54, 1.807) is 0 Å². The lowest BCUT2D eigenvalue weighted by Gasteiger charge is -2.25. The first kappa shape index (κ1) is 14.6. The van der Waals surface area contributed by atoms with Gasteiger partial charge in [0.15, 0.2) is 23.0 Å². The van der Waals surface area contributed by atoms with Gasteiger partial charge in [-0.25, -0.2) is 0 Å². The molecule has 4 aromatic rings. The maximum Gasteiger partial charge on any atom is 0.184 e. The van der Waals surface area contributed by atoms with Crippen molar-refractivity contribution < 1.29 is 9.47 Å². The van der Waals surface area contributed by atoms with E-state index in [0.29, 0.717) is 5.75 Å². The minimum Gasteiger partial charge on any atom is -0.448 e. The number of ether oxygens (including phenoxy) is 2. The van der Waals surface area contributed by atoms with Crippen molar-refractivity contribution in [2.75, 3.05) is 0 Å². The predicted octanol–water partition coefficient (Wildman–Crippen LogP) is 7.17. The van der Waals surface area contributed by atoms with Crippen LogP contribution in [-0.4, -0.2) is 0 Å². The van der Waals surface area contributed by atoms with Gasteiger partial charge in [-0.05, 0) is 45.1 Å². The lowest BCUT2D eigenvalue weighted by Crippen LogP contribution is -2.02. The Morgan fingerprint density at radius 2 is 1.40 bits per heavy atom. The van der Waals surface area contributed by atoms with E-state index in [0.717, 1.165) is 43.6 Å². The molecule has 0 amide bonds. The zero-order valence-electron chi connectivity index (χ0n) is 13.2. The zero-order valence-corrected chi connectivity index (χ0v) is 14.8. The Bertz CT molecular complexity index is 1100. The van der Waals surface area contributed by atoms with Crippen molar-refractivity contribution in [3.05, 3.63) is 83.3 Å². The second-order valence-electron chi connectivity index (χ2n) is 5.94. The Labute approximate surface area is 153 Å². The molecule has 0 bridgehead atoms. The molecule has 0 fully saturated rings. The molecule has 120 valence electrons. The Balaban J connectivity index is 1.75. The van der Waals surface area contributed by atoms with Crippen LogP contribution in [0.5, 0.6) is 23.0 Å². The van der Waals surface area contributed by atoms with E-state index in [1.165, 1.54) is 0 Å². The number of hydrogen-bond donors (Lipinski definition) is 0. The van der Waals surface area contributed by atoms with Gasteiger partial charge in [-0.2, -0.15) is 0 Å². The fourth-order valence-electron chi connectivity index (χ4n) is 3.20. The first-order valence-corrected chi connectivity index (χ1v) is 8.86. The Morgan fingerprint density at radius 1 is 0.600 bits per heavy atom. The number of halogens is 1. The second-order valence-corrected chi connectivity index (χ2v) is 6.79. The van der Waals surface area contributed by atoms with Crippen molar-refractivity contribution in [1.82, 2.24) is 0 Å². The third-order valence-electron chi connectivity index (χ3n) is 4.41. The summed E-state index contributed by atoms with van der Waals surface area (Å²) in [4.78, 5) is 0. The maximum absolute atomic E-state index is 6.40. The molecule has 5 rings (SSSR count). The Kier molecular flexibility index (Phi) is 3.28. The molecule has 3 heteroatoms. The van der Waals surface area contributed by atoms with E-state index in [1.807, 2.05) is 42.5 Å². The molecule has 0 spiro atoms. The monoisotopic (exact) mass is 388 g/mol. The minimum absolute atomic E-state index is 0.712. The summed E-state index contributed by atoms with van der Waals surface area (Å²) in [5.41, 5.74) is 2.11. The topological polar surface area (TPSA) is 18.5 Å². The van der Waals surface area contributed by atoms with E-state index in [2.05, 4.69) is 52.3 Å². The van der Waals surface area contributed by atoms with Crippen LogP contribution in [0, 0.1) is 0 Å². The van der Waals surface area contributed by atoms with Gasteiger partial charge in [-0.1, -0.05) is 60.7 Å². The highest BCUT2D eigenvalue weighted by Crippen LogP contribution is 2.54. The lowest BCUT2D eigenvalue weighted by atomic mass is 10.0. The van der Waals surface area contributed by atoms with Crippen LogP contribution in [0.25, 0.3) is 21.9 Å². The van der Waals surface area contributed by atoms with Gasteiger partial charge in [-0.3, -0.25) is 0 Å². The molecule has 0 atom stereocenters. The molecule has 0 aliphatic carbocycles. The van der Waals surface area contributed by atoms with Gasteiger partial charge in [0.05, 0.1) is 4.47 Å². The summed E-state index contributed by atoms with van der Waals surface area (Å²) < 4.78 is 13.5. The van der Waals surface area contributed by atoms with Crippen LogP contribution in [0.1, 0.15) is 0 Å². The first-order valence-electron chi connectivity index (χ1n) is 8.06. The molecule has 1 heterocycles. The SMILES string of the molecule is Brc1ccc(-c2ccccc2)c2c1Oc1ccc3ccccc3c1O2. The summed E-state index contributed by atoms with van der Waals surface area (Å²) in [5.74, 6) is 2.95. The molecule has 0 N–H and O–H groups in total. The molecule has 25 heavy (non-hydrogen) atoms. The van der Waals surface area contributed by atoms with E-state index in [-0.39, 0.29) is 0 Å². The molecular weight excluding hydrogens is 376 g/mol. The molecule has 1 aliphatic heterocycles. The standard InChI is InChI=1S/C22H13BrO2/c23-18-12-11-17(14-6-2-1-3-7-14)21-22(18)24-19-13-10-15-8-4-5-9-16(15)20(19)25-21/h1-13H. The largest absolute Gasteiger partial charge is 0.448 e. The molecule has 0 aromatic heterocycles. The fraction of sp³-hybridized carbons (Fsp3) is 0. The molecular formula is C22H13BrO2. The van der Waals surface area contributed by atoms with Gasteiger partial charge in [0.2, 0.25) is 0 Å². The van der Waals surface area contributed by atoms with Crippen molar-refractivity contribution in [2.45, 2.75) is 0 Å². The van der Waals surface area contributed by atoms with Gasteiger partial charge >= 0.3 is 0 Å². The van der Waals surface area contributed by atoms with Crippen LogP contribution in [0.4, 0.5) is 0 Å². The Morgan fingerprint density at radius 3 is 2.28 bits per heavy atom. The van der Waals surface area contributed by atoms with E-state index < -0.39 is 0 Å². The van der Waals surface area contributed by atoms with Gasteiger partial charge in [0, 0.05) is 10.9 Å². The Hall–Kier alpha value is -2.78. The molecule has 0 saturated heterocycles. The highest BCUT2D eigenvalue weighted by atomic mass is 79.9. The molecule has 1 aliphatic rings. The quantitative estimate of drug-likeness (QED) is 0.303. The van der Waals surface area contributed by atoms with Crippen molar-refractivity contribution >= 4 is 26.7 Å². The van der Waals surface area contributed by atoms with Crippen molar-refractivity contribution in [3.63, 3.8) is 0 Å². The van der Waals surface area contributed by atoms with E-state index in [9.17, 15) is 0 Å². The molecule has 2 nitrogen and oxygen atoms in total. The van der Waals surface area contributed by atoms with Crippen molar-refractivity contribution in [1.29, 1.82) is 0 Å². The van der Waals surface area contributed by atoms with Crippen molar-refractivity contribution in [2.24, 2.45) is 0 Å². The van der Waals surface area contributed by atoms with Crippen LogP contribution < -0.4 is 9.47 Å². The minimum atomic E-state index is 0.712. The first-order chi connectivity index (χ1) is 12.3. The summed E-state index contributed by atoms with van der Waals surface area (Å²) in [6.07, 6.45) is 0. The summed E-state index contributed by atoms with van der Waals surface area (Å²) in [7, 11) is 0.